The van der Waals surface area contributed by atoms with Gasteiger partial charge >= 0.3 is 6.01 Å². The van der Waals surface area contributed by atoms with Crippen molar-refractivity contribution in [2.75, 3.05) is 13.1 Å². The summed E-state index contributed by atoms with van der Waals surface area (Å²) in [4.78, 5) is 23.7. The van der Waals surface area contributed by atoms with Crippen molar-refractivity contribution in [1.82, 2.24) is 14.9 Å². The molecular formula is C23H21N3O3. The SMILES string of the molecule is O=C(C1c2ccccc2Oc2ccccc21)N1CCC(Oc2ncccn2)CC1. The van der Waals surface area contributed by atoms with Crippen LogP contribution in [-0.2, 0) is 4.79 Å². The Morgan fingerprint density at radius 3 is 2.10 bits per heavy atom. The fourth-order valence-electron chi connectivity index (χ4n) is 4.05. The van der Waals surface area contributed by atoms with E-state index in [-0.39, 0.29) is 17.9 Å². The molecule has 2 aliphatic rings. The Morgan fingerprint density at radius 2 is 1.48 bits per heavy atom. The van der Waals surface area contributed by atoms with Gasteiger partial charge in [-0.2, -0.15) is 0 Å². The molecule has 2 aromatic carbocycles. The lowest BCUT2D eigenvalue weighted by atomic mass is 9.86. The molecule has 146 valence electrons. The zero-order chi connectivity index (χ0) is 19.6. The second-order valence-electron chi connectivity index (χ2n) is 7.28. The minimum absolute atomic E-state index is 0.0238. The van der Waals surface area contributed by atoms with Gasteiger partial charge in [0.15, 0.2) is 0 Å². The highest BCUT2D eigenvalue weighted by molar-refractivity contribution is 5.89. The van der Waals surface area contributed by atoms with E-state index in [1.807, 2.05) is 53.4 Å². The summed E-state index contributed by atoms with van der Waals surface area (Å²) in [5.41, 5.74) is 1.85. The van der Waals surface area contributed by atoms with Crippen LogP contribution in [-0.4, -0.2) is 40.0 Å². The molecule has 0 spiro atoms. The van der Waals surface area contributed by atoms with Crippen molar-refractivity contribution < 1.29 is 14.3 Å². The number of carbonyl (C=O) groups is 1. The highest BCUT2D eigenvalue weighted by Gasteiger charge is 2.36. The molecule has 1 amide bonds. The second kappa shape index (κ2) is 7.54. The number of nitrogens with zero attached hydrogens (tertiary/aromatic N) is 3. The van der Waals surface area contributed by atoms with Gasteiger partial charge in [-0.25, -0.2) is 9.97 Å². The third kappa shape index (κ3) is 3.42. The molecular weight excluding hydrogens is 366 g/mol. The number of para-hydroxylation sites is 2. The Morgan fingerprint density at radius 1 is 0.897 bits per heavy atom. The van der Waals surface area contributed by atoms with Gasteiger partial charge in [-0.15, -0.1) is 0 Å². The van der Waals surface area contributed by atoms with Gasteiger partial charge in [0.1, 0.15) is 17.6 Å². The molecule has 2 aliphatic heterocycles. The molecule has 6 nitrogen and oxygen atoms in total. The minimum Gasteiger partial charge on any atom is -0.460 e. The number of benzene rings is 2. The lowest BCUT2D eigenvalue weighted by Gasteiger charge is -2.36. The molecule has 1 saturated heterocycles. The van der Waals surface area contributed by atoms with E-state index < -0.39 is 0 Å². The molecule has 1 fully saturated rings. The minimum atomic E-state index is -0.342. The van der Waals surface area contributed by atoms with E-state index in [9.17, 15) is 4.79 Å². The summed E-state index contributed by atoms with van der Waals surface area (Å²) in [7, 11) is 0. The van der Waals surface area contributed by atoms with Crippen molar-refractivity contribution in [1.29, 1.82) is 0 Å². The summed E-state index contributed by atoms with van der Waals surface area (Å²) in [5, 5.41) is 0. The van der Waals surface area contributed by atoms with Gasteiger partial charge in [0.25, 0.3) is 0 Å². The number of hydrogen-bond donors (Lipinski definition) is 0. The Balaban J connectivity index is 1.34. The van der Waals surface area contributed by atoms with Crippen LogP contribution in [0.1, 0.15) is 29.9 Å². The van der Waals surface area contributed by atoms with Crippen LogP contribution >= 0.6 is 0 Å². The molecule has 0 atom stereocenters. The quantitative estimate of drug-likeness (QED) is 0.684. The monoisotopic (exact) mass is 387 g/mol. The maximum absolute atomic E-state index is 13.5. The van der Waals surface area contributed by atoms with E-state index in [0.717, 1.165) is 35.5 Å². The maximum Gasteiger partial charge on any atom is 0.316 e. The number of likely N-dealkylation sites (tertiary alicyclic amines) is 1. The van der Waals surface area contributed by atoms with Gasteiger partial charge in [0, 0.05) is 49.5 Å². The lowest BCUT2D eigenvalue weighted by Crippen LogP contribution is -2.44. The molecule has 6 heteroatoms. The van der Waals surface area contributed by atoms with Crippen LogP contribution in [0.3, 0.4) is 0 Å². The van der Waals surface area contributed by atoms with Crippen molar-refractivity contribution in [3.8, 4) is 17.5 Å². The van der Waals surface area contributed by atoms with Crippen molar-refractivity contribution in [3.63, 3.8) is 0 Å². The van der Waals surface area contributed by atoms with Crippen molar-refractivity contribution >= 4 is 5.91 Å². The molecule has 0 aliphatic carbocycles. The van der Waals surface area contributed by atoms with Crippen molar-refractivity contribution in [2.24, 2.45) is 0 Å². The largest absolute Gasteiger partial charge is 0.460 e. The molecule has 0 unspecified atom stereocenters. The second-order valence-corrected chi connectivity index (χ2v) is 7.28. The topological polar surface area (TPSA) is 64.5 Å². The molecule has 29 heavy (non-hydrogen) atoms. The van der Waals surface area contributed by atoms with Crippen LogP contribution in [0, 0.1) is 0 Å². The van der Waals surface area contributed by atoms with Crippen molar-refractivity contribution in [3.05, 3.63) is 78.1 Å². The summed E-state index contributed by atoms with van der Waals surface area (Å²) in [6, 6.07) is 17.7. The van der Waals surface area contributed by atoms with E-state index in [1.54, 1.807) is 18.5 Å². The van der Waals surface area contributed by atoms with Gasteiger partial charge in [0.2, 0.25) is 5.91 Å². The smallest absolute Gasteiger partial charge is 0.316 e. The average Bonchev–Trinajstić information content (AvgIpc) is 2.78. The molecule has 0 radical (unpaired) electrons. The van der Waals surface area contributed by atoms with Crippen LogP contribution in [0.2, 0.25) is 0 Å². The van der Waals surface area contributed by atoms with Crippen LogP contribution < -0.4 is 9.47 Å². The van der Waals surface area contributed by atoms with E-state index in [2.05, 4.69) is 9.97 Å². The summed E-state index contributed by atoms with van der Waals surface area (Å²) in [6.45, 7) is 1.30. The first-order chi connectivity index (χ1) is 14.3. The molecule has 3 aromatic rings. The number of carbonyl (C=O) groups excluding carboxylic acids is 1. The first-order valence-corrected chi connectivity index (χ1v) is 9.88. The van der Waals surface area contributed by atoms with Crippen LogP contribution in [0.4, 0.5) is 0 Å². The maximum atomic E-state index is 13.5. The first-order valence-electron chi connectivity index (χ1n) is 9.88. The summed E-state index contributed by atoms with van der Waals surface area (Å²) in [6.07, 6.45) is 4.88. The molecule has 0 saturated carbocycles. The number of ether oxygens (including phenoxy) is 2. The highest BCUT2D eigenvalue weighted by atomic mass is 16.5. The Labute approximate surface area is 169 Å². The van der Waals surface area contributed by atoms with Gasteiger partial charge in [-0.1, -0.05) is 36.4 Å². The average molecular weight is 387 g/mol. The Hall–Kier alpha value is -3.41. The Kier molecular flexibility index (Phi) is 4.60. The fourth-order valence-corrected chi connectivity index (χ4v) is 4.05. The van der Waals surface area contributed by atoms with Gasteiger partial charge in [-0.05, 0) is 18.2 Å². The zero-order valence-corrected chi connectivity index (χ0v) is 15.9. The third-order valence-corrected chi connectivity index (χ3v) is 5.49. The van der Waals surface area contributed by atoms with Gasteiger partial charge in [0.05, 0.1) is 5.92 Å². The molecule has 0 N–H and O–H groups in total. The third-order valence-electron chi connectivity index (χ3n) is 5.49. The van der Waals surface area contributed by atoms with Gasteiger partial charge < -0.3 is 14.4 Å². The highest BCUT2D eigenvalue weighted by Crippen LogP contribution is 2.44. The fraction of sp³-hybridized carbons (Fsp3) is 0.261. The predicted octanol–water partition coefficient (Wildman–Crippen LogP) is 3.78. The van der Waals surface area contributed by atoms with E-state index in [4.69, 9.17) is 9.47 Å². The number of aromatic nitrogens is 2. The number of piperidine rings is 1. The van der Waals surface area contributed by atoms with Crippen LogP contribution in [0.25, 0.3) is 0 Å². The number of hydrogen-bond acceptors (Lipinski definition) is 5. The standard InChI is InChI=1S/C23H21N3O3/c27-22(26-14-10-16(11-15-26)28-23-24-12-5-13-25-23)21-17-6-1-3-8-19(17)29-20-9-4-2-7-18(20)21/h1-9,12-13,16,21H,10-11,14-15H2. The summed E-state index contributed by atoms with van der Waals surface area (Å²) >= 11 is 0. The summed E-state index contributed by atoms with van der Waals surface area (Å²) < 4.78 is 11.9. The van der Waals surface area contributed by atoms with Gasteiger partial charge in [-0.3, -0.25) is 4.79 Å². The van der Waals surface area contributed by atoms with E-state index >= 15 is 0 Å². The lowest BCUT2D eigenvalue weighted by molar-refractivity contribution is -0.133. The molecule has 1 aromatic heterocycles. The Bertz CT molecular complexity index is 971. The number of amides is 1. The normalized spacial score (nSPS) is 16.5. The van der Waals surface area contributed by atoms with E-state index in [1.165, 1.54) is 0 Å². The molecule has 0 bridgehead atoms. The molecule has 3 heterocycles. The number of rotatable bonds is 3. The number of fused-ring (bicyclic) bond motifs is 2. The summed E-state index contributed by atoms with van der Waals surface area (Å²) in [5.74, 6) is 1.28. The molecule has 5 rings (SSSR count). The van der Waals surface area contributed by atoms with Crippen molar-refractivity contribution in [2.45, 2.75) is 24.9 Å². The van der Waals surface area contributed by atoms with Crippen LogP contribution in [0.5, 0.6) is 17.5 Å². The first kappa shape index (κ1) is 17.7. The zero-order valence-electron chi connectivity index (χ0n) is 15.9. The van der Waals surface area contributed by atoms with Crippen LogP contribution in [0.15, 0.2) is 67.0 Å². The van der Waals surface area contributed by atoms with E-state index in [0.29, 0.717) is 19.1 Å². The predicted molar refractivity (Wildman–Crippen MR) is 107 cm³/mol.